The van der Waals surface area contributed by atoms with Crippen molar-refractivity contribution in [3.8, 4) is 11.5 Å². The number of esters is 1. The molecule has 10 nitrogen and oxygen atoms in total. The number of amides is 3. The molecule has 1 atom stereocenters. The van der Waals surface area contributed by atoms with E-state index in [9.17, 15) is 19.2 Å². The van der Waals surface area contributed by atoms with Crippen LogP contribution in [0.5, 0.6) is 11.5 Å². The topological polar surface area (TPSA) is 132 Å². The van der Waals surface area contributed by atoms with Crippen molar-refractivity contribution >= 4 is 52.9 Å². The first-order chi connectivity index (χ1) is 22.7. The number of carbonyl (C=O) groups is 4. The fourth-order valence-electron chi connectivity index (χ4n) is 4.37. The van der Waals surface area contributed by atoms with Crippen molar-refractivity contribution in [1.82, 2.24) is 5.32 Å². The van der Waals surface area contributed by atoms with Gasteiger partial charge in [0.1, 0.15) is 5.70 Å². The van der Waals surface area contributed by atoms with E-state index in [4.69, 9.17) is 14.2 Å². The van der Waals surface area contributed by atoms with Crippen molar-refractivity contribution in [2.24, 2.45) is 0 Å². The van der Waals surface area contributed by atoms with Crippen LogP contribution in [0.2, 0.25) is 0 Å². The van der Waals surface area contributed by atoms with Crippen LogP contribution >= 0.6 is 11.8 Å². The molecule has 242 valence electrons. The van der Waals surface area contributed by atoms with Gasteiger partial charge in [-0.1, -0.05) is 36.4 Å². The van der Waals surface area contributed by atoms with Crippen molar-refractivity contribution in [2.45, 2.75) is 24.0 Å². The molecule has 0 aliphatic carbocycles. The number of methoxy groups -OCH3 is 2. The van der Waals surface area contributed by atoms with Crippen LogP contribution in [0.4, 0.5) is 11.4 Å². The summed E-state index contributed by atoms with van der Waals surface area (Å²) in [4.78, 5) is 52.2. The van der Waals surface area contributed by atoms with Crippen molar-refractivity contribution in [3.63, 3.8) is 0 Å². The molecule has 3 N–H and O–H groups in total. The van der Waals surface area contributed by atoms with Gasteiger partial charge in [-0.3, -0.25) is 14.4 Å². The van der Waals surface area contributed by atoms with Crippen LogP contribution in [0.25, 0.3) is 6.08 Å². The first kappa shape index (κ1) is 34.3. The molecule has 0 bridgehead atoms. The Morgan fingerprint density at radius 1 is 0.787 bits per heavy atom. The van der Waals surface area contributed by atoms with Gasteiger partial charge in [0.2, 0.25) is 5.91 Å². The molecule has 47 heavy (non-hydrogen) atoms. The monoisotopic (exact) mass is 653 g/mol. The first-order valence-corrected chi connectivity index (χ1v) is 15.6. The molecule has 0 fully saturated rings. The summed E-state index contributed by atoms with van der Waals surface area (Å²) in [6.07, 6.45) is 1.52. The second-order valence-electron chi connectivity index (χ2n) is 9.99. The Morgan fingerprint density at radius 2 is 1.51 bits per heavy atom. The van der Waals surface area contributed by atoms with E-state index in [1.54, 1.807) is 105 Å². The highest BCUT2D eigenvalue weighted by molar-refractivity contribution is 8.00. The van der Waals surface area contributed by atoms with Gasteiger partial charge in [0.15, 0.2) is 11.5 Å². The Labute approximate surface area is 277 Å². The summed E-state index contributed by atoms with van der Waals surface area (Å²) in [5.74, 6) is -0.842. The lowest BCUT2D eigenvalue weighted by molar-refractivity contribution is -0.115. The number of ether oxygens (including phenoxy) is 3. The Hall–Kier alpha value is -5.55. The summed E-state index contributed by atoms with van der Waals surface area (Å²) in [7, 11) is 3.00. The molecule has 0 aliphatic rings. The molecule has 11 heteroatoms. The zero-order valence-electron chi connectivity index (χ0n) is 26.4. The van der Waals surface area contributed by atoms with Gasteiger partial charge in [-0.15, -0.1) is 11.8 Å². The number of anilines is 2. The zero-order chi connectivity index (χ0) is 33.8. The minimum Gasteiger partial charge on any atom is -0.493 e. The van der Waals surface area contributed by atoms with Crippen LogP contribution in [0, 0.1) is 0 Å². The van der Waals surface area contributed by atoms with Gasteiger partial charge in [-0.25, -0.2) is 4.79 Å². The summed E-state index contributed by atoms with van der Waals surface area (Å²) in [5.41, 5.74) is 2.27. The average molecular weight is 654 g/mol. The number of carbonyl (C=O) groups excluding carboxylic acids is 4. The van der Waals surface area contributed by atoms with Crippen molar-refractivity contribution in [1.29, 1.82) is 0 Å². The third-order valence-corrected chi connectivity index (χ3v) is 7.79. The fraction of sp³-hybridized carbons (Fsp3) is 0.167. The minimum absolute atomic E-state index is 0.0230. The van der Waals surface area contributed by atoms with E-state index in [1.807, 2.05) is 6.07 Å². The predicted octanol–water partition coefficient (Wildman–Crippen LogP) is 6.41. The van der Waals surface area contributed by atoms with Crippen LogP contribution in [0.1, 0.15) is 40.1 Å². The third kappa shape index (κ3) is 9.47. The molecule has 4 aromatic rings. The lowest BCUT2D eigenvalue weighted by Crippen LogP contribution is -2.30. The standard InChI is InChI=1S/C36H35N3O7S/c1-5-46-36(43)25-17-19-27(20-18-25)37-33(40)23(2)47-29-15-10-14-28(22-29)38-35(42)30(39-34(41)24-11-7-6-8-12-24)21-26-13-9-16-31(44-3)32(26)45-4/h6-23H,5H2,1-4H3,(H,37,40)(H,38,42)(H,39,41)/b30-21+. The van der Waals surface area contributed by atoms with Gasteiger partial charge in [-0.05, 0) is 80.6 Å². The second-order valence-corrected chi connectivity index (χ2v) is 11.4. The molecule has 4 rings (SSSR count). The van der Waals surface area contributed by atoms with E-state index in [-0.39, 0.29) is 18.2 Å². The first-order valence-electron chi connectivity index (χ1n) is 14.7. The maximum Gasteiger partial charge on any atom is 0.338 e. The highest BCUT2D eigenvalue weighted by Gasteiger charge is 2.19. The summed E-state index contributed by atoms with van der Waals surface area (Å²) >= 11 is 1.30. The largest absolute Gasteiger partial charge is 0.493 e. The van der Waals surface area contributed by atoms with E-state index in [1.165, 1.54) is 32.1 Å². The van der Waals surface area contributed by atoms with E-state index in [0.29, 0.717) is 39.6 Å². The smallest absolute Gasteiger partial charge is 0.338 e. The summed E-state index contributed by atoms with van der Waals surface area (Å²) in [5, 5.41) is 7.92. The van der Waals surface area contributed by atoms with Crippen LogP contribution < -0.4 is 25.4 Å². The molecule has 0 radical (unpaired) electrons. The Morgan fingerprint density at radius 3 is 2.19 bits per heavy atom. The Balaban J connectivity index is 1.49. The van der Waals surface area contributed by atoms with E-state index >= 15 is 0 Å². The molecule has 0 spiro atoms. The van der Waals surface area contributed by atoms with Crippen molar-refractivity contribution < 1.29 is 33.4 Å². The number of rotatable bonds is 13. The molecule has 0 aliphatic heterocycles. The van der Waals surface area contributed by atoms with Crippen LogP contribution in [-0.4, -0.2) is 49.8 Å². The lowest BCUT2D eigenvalue weighted by atomic mass is 10.1. The molecular formula is C36H35N3O7S. The van der Waals surface area contributed by atoms with Gasteiger partial charge in [-0.2, -0.15) is 0 Å². The third-order valence-electron chi connectivity index (χ3n) is 6.70. The molecular weight excluding hydrogens is 618 g/mol. The molecule has 0 heterocycles. The highest BCUT2D eigenvalue weighted by Crippen LogP contribution is 2.32. The fourth-order valence-corrected chi connectivity index (χ4v) is 5.30. The van der Waals surface area contributed by atoms with E-state index in [0.717, 1.165) is 4.90 Å². The Kier molecular flexibility index (Phi) is 12.2. The van der Waals surface area contributed by atoms with Crippen molar-refractivity contribution in [2.75, 3.05) is 31.5 Å². The SMILES string of the molecule is CCOC(=O)c1ccc(NC(=O)C(C)Sc2cccc(NC(=O)/C(=C\c3cccc(OC)c3OC)NC(=O)c3ccccc3)c2)cc1. The van der Waals surface area contributed by atoms with E-state index in [2.05, 4.69) is 16.0 Å². The number of nitrogens with one attached hydrogen (secondary N) is 3. The highest BCUT2D eigenvalue weighted by atomic mass is 32.2. The maximum absolute atomic E-state index is 13.6. The van der Waals surface area contributed by atoms with E-state index < -0.39 is 23.0 Å². The minimum atomic E-state index is -0.571. The quantitative estimate of drug-likeness (QED) is 0.0857. The van der Waals surface area contributed by atoms with Gasteiger partial charge in [0, 0.05) is 27.4 Å². The average Bonchev–Trinajstić information content (AvgIpc) is 3.08. The molecule has 0 aromatic heterocycles. The van der Waals surface area contributed by atoms with Gasteiger partial charge in [0.05, 0.1) is 31.6 Å². The second kappa shape index (κ2) is 16.7. The number of benzene rings is 4. The molecule has 0 saturated carbocycles. The van der Waals surface area contributed by atoms with Gasteiger partial charge < -0.3 is 30.2 Å². The molecule has 1 unspecified atom stereocenters. The van der Waals surface area contributed by atoms with Crippen LogP contribution in [-0.2, 0) is 14.3 Å². The lowest BCUT2D eigenvalue weighted by Gasteiger charge is -2.15. The summed E-state index contributed by atoms with van der Waals surface area (Å²) in [6, 6.07) is 27.3. The summed E-state index contributed by atoms with van der Waals surface area (Å²) in [6.45, 7) is 3.77. The maximum atomic E-state index is 13.6. The van der Waals surface area contributed by atoms with Crippen LogP contribution in [0.15, 0.2) is 108 Å². The predicted molar refractivity (Wildman–Crippen MR) is 183 cm³/mol. The number of para-hydroxylation sites is 1. The molecule has 4 aromatic carbocycles. The number of thioether (sulfide) groups is 1. The number of hydrogen-bond acceptors (Lipinski definition) is 8. The Bertz CT molecular complexity index is 1760. The van der Waals surface area contributed by atoms with Gasteiger partial charge >= 0.3 is 5.97 Å². The van der Waals surface area contributed by atoms with Gasteiger partial charge in [0.25, 0.3) is 11.8 Å². The zero-order valence-corrected chi connectivity index (χ0v) is 27.2. The normalized spacial score (nSPS) is 11.5. The van der Waals surface area contributed by atoms with Crippen LogP contribution in [0.3, 0.4) is 0 Å². The summed E-state index contributed by atoms with van der Waals surface area (Å²) < 4.78 is 15.9. The van der Waals surface area contributed by atoms with Crippen molar-refractivity contribution in [3.05, 3.63) is 119 Å². The molecule has 0 saturated heterocycles. The number of hydrogen-bond donors (Lipinski definition) is 3. The molecule has 3 amide bonds.